The highest BCUT2D eigenvalue weighted by molar-refractivity contribution is 7.99. The Bertz CT molecular complexity index is 846. The predicted molar refractivity (Wildman–Crippen MR) is 86.9 cm³/mol. The van der Waals surface area contributed by atoms with Crippen LogP contribution in [-0.4, -0.2) is 30.3 Å². The van der Waals surface area contributed by atoms with E-state index in [0.717, 1.165) is 0 Å². The molecule has 2 aromatic heterocycles. The van der Waals surface area contributed by atoms with Gasteiger partial charge in [0.15, 0.2) is 0 Å². The minimum Gasteiger partial charge on any atom is -0.338 e. The van der Waals surface area contributed by atoms with Crippen LogP contribution in [0.1, 0.15) is 43.5 Å². The van der Waals surface area contributed by atoms with Gasteiger partial charge in [-0.3, -0.25) is 0 Å². The van der Waals surface area contributed by atoms with Crippen LogP contribution in [0.4, 0.5) is 4.39 Å². The first-order valence-electron chi connectivity index (χ1n) is 7.50. The normalized spacial score (nSPS) is 12.8. The van der Waals surface area contributed by atoms with Crippen molar-refractivity contribution in [3.8, 4) is 11.4 Å². The van der Waals surface area contributed by atoms with Gasteiger partial charge in [0.1, 0.15) is 5.82 Å². The molecule has 24 heavy (non-hydrogen) atoms. The Balaban J connectivity index is 1.79. The molecule has 0 bridgehead atoms. The van der Waals surface area contributed by atoms with E-state index in [1.165, 1.54) is 17.8 Å². The standard InChI is InChI=1S/C15H17FN6OS/c1-8(2)22-15(18-20-21-22)24-10(4)14-17-13(19-23-14)11-6-5-9(3)12(16)7-11/h5-8,10H,1-4H3. The van der Waals surface area contributed by atoms with Crippen molar-refractivity contribution in [2.45, 2.75) is 44.1 Å². The number of rotatable bonds is 5. The van der Waals surface area contributed by atoms with Gasteiger partial charge in [0.2, 0.25) is 16.9 Å². The average Bonchev–Trinajstić information content (AvgIpc) is 3.19. The highest BCUT2D eigenvalue weighted by atomic mass is 32.2. The number of aromatic nitrogens is 6. The zero-order chi connectivity index (χ0) is 17.3. The summed E-state index contributed by atoms with van der Waals surface area (Å²) in [5.74, 6) is 0.506. The summed E-state index contributed by atoms with van der Waals surface area (Å²) in [6.07, 6.45) is 0. The van der Waals surface area contributed by atoms with Gasteiger partial charge < -0.3 is 4.52 Å². The van der Waals surface area contributed by atoms with Gasteiger partial charge in [0, 0.05) is 5.56 Å². The number of hydrogen-bond donors (Lipinski definition) is 0. The summed E-state index contributed by atoms with van der Waals surface area (Å²) in [5, 5.41) is 16.2. The molecule has 1 aromatic carbocycles. The van der Waals surface area contributed by atoms with E-state index >= 15 is 0 Å². The van der Waals surface area contributed by atoms with E-state index in [1.807, 2.05) is 20.8 Å². The second-order valence-electron chi connectivity index (χ2n) is 5.68. The molecule has 0 saturated heterocycles. The van der Waals surface area contributed by atoms with Crippen molar-refractivity contribution in [1.82, 2.24) is 30.3 Å². The smallest absolute Gasteiger partial charge is 0.240 e. The molecule has 9 heteroatoms. The summed E-state index contributed by atoms with van der Waals surface area (Å²) in [6, 6.07) is 5.02. The molecule has 0 amide bonds. The molecule has 126 valence electrons. The fourth-order valence-corrected chi connectivity index (χ4v) is 3.00. The van der Waals surface area contributed by atoms with Crippen molar-refractivity contribution >= 4 is 11.8 Å². The van der Waals surface area contributed by atoms with Gasteiger partial charge in [-0.1, -0.05) is 29.1 Å². The molecule has 0 aliphatic carbocycles. The van der Waals surface area contributed by atoms with E-state index in [9.17, 15) is 4.39 Å². The molecule has 0 spiro atoms. The molecule has 0 fully saturated rings. The number of nitrogens with zero attached hydrogens (tertiary/aromatic N) is 6. The lowest BCUT2D eigenvalue weighted by Gasteiger charge is -2.09. The lowest BCUT2D eigenvalue weighted by atomic mass is 10.1. The molecule has 2 heterocycles. The monoisotopic (exact) mass is 348 g/mol. The molecule has 1 unspecified atom stereocenters. The van der Waals surface area contributed by atoms with Crippen LogP contribution >= 0.6 is 11.8 Å². The molecular weight excluding hydrogens is 331 g/mol. The molecule has 0 saturated carbocycles. The van der Waals surface area contributed by atoms with Crippen LogP contribution in [0.2, 0.25) is 0 Å². The maximum atomic E-state index is 13.7. The predicted octanol–water partition coefficient (Wildman–Crippen LogP) is 3.60. The number of thioether (sulfide) groups is 1. The molecule has 0 N–H and O–H groups in total. The Morgan fingerprint density at radius 1 is 1.25 bits per heavy atom. The molecule has 0 radical (unpaired) electrons. The lowest BCUT2D eigenvalue weighted by molar-refractivity contribution is 0.380. The van der Waals surface area contributed by atoms with Crippen molar-refractivity contribution in [1.29, 1.82) is 0 Å². The van der Waals surface area contributed by atoms with Gasteiger partial charge in [-0.2, -0.15) is 4.98 Å². The summed E-state index contributed by atoms with van der Waals surface area (Å²) in [5.41, 5.74) is 1.16. The number of aryl methyl sites for hydroxylation is 1. The molecule has 7 nitrogen and oxygen atoms in total. The summed E-state index contributed by atoms with van der Waals surface area (Å²) in [6.45, 7) is 7.64. The van der Waals surface area contributed by atoms with Crippen LogP contribution in [0.5, 0.6) is 0 Å². The summed E-state index contributed by atoms with van der Waals surface area (Å²) in [7, 11) is 0. The van der Waals surface area contributed by atoms with Crippen molar-refractivity contribution < 1.29 is 8.91 Å². The van der Waals surface area contributed by atoms with Gasteiger partial charge in [-0.25, -0.2) is 9.07 Å². The van der Waals surface area contributed by atoms with Crippen LogP contribution in [0.25, 0.3) is 11.4 Å². The van der Waals surface area contributed by atoms with E-state index in [-0.39, 0.29) is 17.1 Å². The third-order valence-electron chi connectivity index (χ3n) is 3.45. The highest BCUT2D eigenvalue weighted by Gasteiger charge is 2.20. The van der Waals surface area contributed by atoms with Gasteiger partial charge >= 0.3 is 0 Å². The van der Waals surface area contributed by atoms with Gasteiger partial charge in [-0.15, -0.1) is 5.10 Å². The quantitative estimate of drug-likeness (QED) is 0.651. The number of hydrogen-bond acceptors (Lipinski definition) is 7. The summed E-state index contributed by atoms with van der Waals surface area (Å²) in [4.78, 5) is 4.36. The zero-order valence-electron chi connectivity index (χ0n) is 13.8. The number of halogens is 1. The van der Waals surface area contributed by atoms with Gasteiger partial charge in [0.25, 0.3) is 0 Å². The van der Waals surface area contributed by atoms with Crippen LogP contribution in [0.15, 0.2) is 27.9 Å². The van der Waals surface area contributed by atoms with E-state index < -0.39 is 0 Å². The second-order valence-corrected chi connectivity index (χ2v) is 6.99. The van der Waals surface area contributed by atoms with E-state index in [0.29, 0.717) is 28.0 Å². The Labute approximate surface area is 142 Å². The van der Waals surface area contributed by atoms with Crippen LogP contribution < -0.4 is 0 Å². The Morgan fingerprint density at radius 2 is 2.04 bits per heavy atom. The Hall–Kier alpha value is -2.29. The topological polar surface area (TPSA) is 82.5 Å². The summed E-state index contributed by atoms with van der Waals surface area (Å²) >= 11 is 1.43. The van der Waals surface area contributed by atoms with E-state index in [1.54, 1.807) is 23.7 Å². The van der Waals surface area contributed by atoms with Crippen LogP contribution in [0.3, 0.4) is 0 Å². The third kappa shape index (κ3) is 3.30. The average molecular weight is 348 g/mol. The fourth-order valence-electron chi connectivity index (χ4n) is 2.05. The molecular formula is C15H17FN6OS. The minimum absolute atomic E-state index is 0.134. The van der Waals surface area contributed by atoms with Crippen molar-refractivity contribution in [2.24, 2.45) is 0 Å². The van der Waals surface area contributed by atoms with Crippen molar-refractivity contribution in [2.75, 3.05) is 0 Å². The van der Waals surface area contributed by atoms with E-state index in [4.69, 9.17) is 4.52 Å². The van der Waals surface area contributed by atoms with Crippen molar-refractivity contribution in [3.05, 3.63) is 35.5 Å². The minimum atomic E-state index is -0.294. The fraction of sp³-hybridized carbons (Fsp3) is 0.400. The molecule has 0 aliphatic rings. The molecule has 3 rings (SSSR count). The van der Waals surface area contributed by atoms with Crippen molar-refractivity contribution in [3.63, 3.8) is 0 Å². The maximum Gasteiger partial charge on any atom is 0.240 e. The SMILES string of the molecule is Cc1ccc(-c2noc(C(C)Sc3nnnn3C(C)C)n2)cc1F. The van der Waals surface area contributed by atoms with Gasteiger partial charge in [0.05, 0.1) is 11.3 Å². The van der Waals surface area contributed by atoms with E-state index in [2.05, 4.69) is 25.7 Å². The lowest BCUT2D eigenvalue weighted by Crippen LogP contribution is -2.05. The van der Waals surface area contributed by atoms with Crippen LogP contribution in [0, 0.1) is 12.7 Å². The summed E-state index contributed by atoms with van der Waals surface area (Å²) < 4.78 is 20.7. The first-order valence-corrected chi connectivity index (χ1v) is 8.38. The second kappa shape index (κ2) is 6.68. The Morgan fingerprint density at radius 3 is 2.75 bits per heavy atom. The van der Waals surface area contributed by atoms with Crippen LogP contribution in [-0.2, 0) is 0 Å². The molecule has 0 aliphatic heterocycles. The zero-order valence-corrected chi connectivity index (χ0v) is 14.6. The van der Waals surface area contributed by atoms with Gasteiger partial charge in [-0.05, 0) is 49.8 Å². The first kappa shape index (κ1) is 16.6. The molecule has 3 aromatic rings. The third-order valence-corrected chi connectivity index (χ3v) is 4.49. The highest BCUT2D eigenvalue weighted by Crippen LogP contribution is 2.34. The first-order chi connectivity index (χ1) is 11.5. The molecule has 1 atom stereocenters. The Kier molecular flexibility index (Phi) is 4.61. The number of tetrazole rings is 1. The number of benzene rings is 1. The maximum absolute atomic E-state index is 13.7. The largest absolute Gasteiger partial charge is 0.338 e.